The van der Waals surface area contributed by atoms with Crippen molar-refractivity contribution in [1.82, 2.24) is 19.7 Å². The van der Waals surface area contributed by atoms with Gasteiger partial charge in [0, 0.05) is 18.6 Å². The van der Waals surface area contributed by atoms with Crippen LogP contribution in [0.1, 0.15) is 34.7 Å². The Bertz CT molecular complexity index is 829. The quantitative estimate of drug-likeness (QED) is 0.807. The van der Waals surface area contributed by atoms with Crippen molar-refractivity contribution in [3.63, 3.8) is 0 Å². The summed E-state index contributed by atoms with van der Waals surface area (Å²) in [5, 5.41) is 3.52. The lowest BCUT2D eigenvalue weighted by molar-refractivity contribution is 0.0933. The maximum atomic E-state index is 12.6. The summed E-state index contributed by atoms with van der Waals surface area (Å²) in [4.78, 5) is 21.1. The van der Waals surface area contributed by atoms with Crippen molar-refractivity contribution >= 4 is 23.2 Å². The Morgan fingerprint density at radius 1 is 1.36 bits per heavy atom. The molecule has 0 aliphatic carbocycles. The van der Waals surface area contributed by atoms with E-state index in [4.69, 9.17) is 11.6 Å². The lowest BCUT2D eigenvalue weighted by Crippen LogP contribution is -2.28. The molecule has 0 saturated heterocycles. The molecule has 1 atom stereocenters. The van der Waals surface area contributed by atoms with E-state index in [1.165, 1.54) is 0 Å². The van der Waals surface area contributed by atoms with Gasteiger partial charge < -0.3 is 5.32 Å². The smallest absolute Gasteiger partial charge is 0.270 e. The van der Waals surface area contributed by atoms with Crippen LogP contribution < -0.4 is 5.32 Å². The van der Waals surface area contributed by atoms with E-state index in [-0.39, 0.29) is 11.9 Å². The Labute approximate surface area is 133 Å². The van der Waals surface area contributed by atoms with E-state index in [0.29, 0.717) is 22.1 Å². The highest BCUT2D eigenvalue weighted by molar-refractivity contribution is 6.30. The molecule has 0 aromatic carbocycles. The zero-order chi connectivity index (χ0) is 15.7. The molecule has 0 spiro atoms. The van der Waals surface area contributed by atoms with Crippen LogP contribution in [0, 0.1) is 6.92 Å². The average molecular weight is 315 g/mol. The van der Waals surface area contributed by atoms with Crippen molar-refractivity contribution in [3.8, 4) is 0 Å². The molecule has 0 saturated carbocycles. The molecule has 0 aliphatic heterocycles. The second kappa shape index (κ2) is 5.77. The van der Waals surface area contributed by atoms with E-state index >= 15 is 0 Å². The van der Waals surface area contributed by atoms with Gasteiger partial charge in [0.05, 0.1) is 16.8 Å². The second-order valence-electron chi connectivity index (χ2n) is 5.10. The number of hydrogen-bond donors (Lipinski definition) is 1. The number of carbonyl (C=O) groups is 1. The van der Waals surface area contributed by atoms with Crippen molar-refractivity contribution in [2.24, 2.45) is 0 Å². The van der Waals surface area contributed by atoms with Crippen LogP contribution in [0.25, 0.3) is 5.65 Å². The number of carbonyl (C=O) groups excluding carboxylic acids is 1. The third-order valence-electron chi connectivity index (χ3n) is 3.50. The number of halogens is 1. The summed E-state index contributed by atoms with van der Waals surface area (Å²) in [7, 11) is 0. The second-order valence-corrected chi connectivity index (χ2v) is 5.54. The van der Waals surface area contributed by atoms with Gasteiger partial charge in [0.15, 0.2) is 0 Å². The van der Waals surface area contributed by atoms with Gasteiger partial charge in [-0.1, -0.05) is 17.7 Å². The standard InChI is InChI=1S/C16H15ClN4O/c1-10(12-4-3-7-18-8-12)20-16(22)15-11(2)19-14-6-5-13(17)9-21(14)15/h3-10H,1-2H3,(H,20,22). The molecule has 3 heterocycles. The number of aromatic nitrogens is 3. The molecule has 22 heavy (non-hydrogen) atoms. The van der Waals surface area contributed by atoms with Gasteiger partial charge in [0.2, 0.25) is 0 Å². The summed E-state index contributed by atoms with van der Waals surface area (Å²) in [5.74, 6) is -0.191. The fourth-order valence-corrected chi connectivity index (χ4v) is 2.55. The molecule has 1 amide bonds. The van der Waals surface area contributed by atoms with E-state index in [0.717, 1.165) is 5.56 Å². The summed E-state index contributed by atoms with van der Waals surface area (Å²) in [6.07, 6.45) is 5.14. The molecule has 6 heteroatoms. The lowest BCUT2D eigenvalue weighted by atomic mass is 10.1. The molecule has 0 fully saturated rings. The molecule has 0 aliphatic rings. The van der Waals surface area contributed by atoms with Crippen LogP contribution in [0.15, 0.2) is 42.9 Å². The predicted molar refractivity (Wildman–Crippen MR) is 85.1 cm³/mol. The van der Waals surface area contributed by atoms with E-state index < -0.39 is 0 Å². The molecule has 3 rings (SSSR count). The summed E-state index contributed by atoms with van der Waals surface area (Å²) in [6, 6.07) is 7.16. The van der Waals surface area contributed by atoms with Crippen molar-refractivity contribution in [2.75, 3.05) is 0 Å². The number of pyridine rings is 2. The van der Waals surface area contributed by atoms with Crippen molar-refractivity contribution in [3.05, 3.63) is 64.8 Å². The molecule has 112 valence electrons. The molecular weight excluding hydrogens is 300 g/mol. The van der Waals surface area contributed by atoms with Crippen LogP contribution >= 0.6 is 11.6 Å². The molecule has 1 N–H and O–H groups in total. The molecule has 0 bridgehead atoms. The Balaban J connectivity index is 1.92. The largest absolute Gasteiger partial charge is 0.344 e. The summed E-state index contributed by atoms with van der Waals surface area (Å²) in [5.41, 5.74) is 2.80. The van der Waals surface area contributed by atoms with Crippen LogP contribution in [0.3, 0.4) is 0 Å². The minimum atomic E-state index is -0.191. The Hall–Kier alpha value is -2.40. The first-order valence-corrected chi connectivity index (χ1v) is 7.29. The van der Waals surface area contributed by atoms with Gasteiger partial charge in [0.25, 0.3) is 5.91 Å². The number of nitrogens with zero attached hydrogens (tertiary/aromatic N) is 3. The van der Waals surface area contributed by atoms with E-state index in [1.54, 1.807) is 35.1 Å². The van der Waals surface area contributed by atoms with E-state index in [9.17, 15) is 4.79 Å². The number of nitrogens with one attached hydrogen (secondary N) is 1. The van der Waals surface area contributed by atoms with Gasteiger partial charge in [-0.15, -0.1) is 0 Å². The van der Waals surface area contributed by atoms with Gasteiger partial charge in [-0.05, 0) is 37.6 Å². The Morgan fingerprint density at radius 2 is 2.18 bits per heavy atom. The van der Waals surface area contributed by atoms with E-state index in [1.807, 2.05) is 26.0 Å². The number of fused-ring (bicyclic) bond motifs is 1. The summed E-state index contributed by atoms with van der Waals surface area (Å²) >= 11 is 6.02. The SMILES string of the molecule is Cc1nc2ccc(Cl)cn2c1C(=O)NC(C)c1cccnc1. The molecular formula is C16H15ClN4O. The van der Waals surface area contributed by atoms with Gasteiger partial charge in [0.1, 0.15) is 11.3 Å². The maximum absolute atomic E-state index is 12.6. The highest BCUT2D eigenvalue weighted by Crippen LogP contribution is 2.18. The van der Waals surface area contributed by atoms with E-state index in [2.05, 4.69) is 15.3 Å². The number of amides is 1. The number of hydrogen-bond acceptors (Lipinski definition) is 3. The molecule has 0 radical (unpaired) electrons. The summed E-state index contributed by atoms with van der Waals surface area (Å²) < 4.78 is 1.71. The molecule has 5 nitrogen and oxygen atoms in total. The van der Waals surface area contributed by atoms with Gasteiger partial charge in [-0.2, -0.15) is 0 Å². The van der Waals surface area contributed by atoms with Crippen LogP contribution in [-0.4, -0.2) is 20.3 Å². The average Bonchev–Trinajstić information content (AvgIpc) is 2.83. The molecule has 1 unspecified atom stereocenters. The lowest BCUT2D eigenvalue weighted by Gasteiger charge is -2.14. The third-order valence-corrected chi connectivity index (χ3v) is 3.73. The first-order chi connectivity index (χ1) is 10.6. The highest BCUT2D eigenvalue weighted by Gasteiger charge is 2.19. The third kappa shape index (κ3) is 2.67. The van der Waals surface area contributed by atoms with Crippen LogP contribution in [0.2, 0.25) is 5.02 Å². The normalized spacial score (nSPS) is 12.3. The number of rotatable bonds is 3. The fraction of sp³-hybridized carbons (Fsp3) is 0.188. The first kappa shape index (κ1) is 14.5. The Kier molecular flexibility index (Phi) is 3.81. The molecule has 3 aromatic rings. The summed E-state index contributed by atoms with van der Waals surface area (Å²) in [6.45, 7) is 3.73. The van der Waals surface area contributed by atoms with Crippen LogP contribution in [0.4, 0.5) is 0 Å². The zero-order valence-corrected chi connectivity index (χ0v) is 13.0. The zero-order valence-electron chi connectivity index (χ0n) is 12.2. The van der Waals surface area contributed by atoms with Crippen molar-refractivity contribution < 1.29 is 4.79 Å². The Morgan fingerprint density at radius 3 is 2.91 bits per heavy atom. The van der Waals surface area contributed by atoms with Crippen molar-refractivity contribution in [2.45, 2.75) is 19.9 Å². The van der Waals surface area contributed by atoms with Gasteiger partial charge in [-0.3, -0.25) is 14.2 Å². The maximum Gasteiger partial charge on any atom is 0.270 e. The monoisotopic (exact) mass is 314 g/mol. The topological polar surface area (TPSA) is 59.3 Å². The van der Waals surface area contributed by atoms with Crippen LogP contribution in [-0.2, 0) is 0 Å². The highest BCUT2D eigenvalue weighted by atomic mass is 35.5. The van der Waals surface area contributed by atoms with Gasteiger partial charge in [-0.25, -0.2) is 4.98 Å². The number of imidazole rings is 1. The molecule has 3 aromatic heterocycles. The minimum absolute atomic E-state index is 0.148. The van der Waals surface area contributed by atoms with Crippen molar-refractivity contribution in [1.29, 1.82) is 0 Å². The van der Waals surface area contributed by atoms with Crippen LogP contribution in [0.5, 0.6) is 0 Å². The van der Waals surface area contributed by atoms with Gasteiger partial charge >= 0.3 is 0 Å². The fourth-order valence-electron chi connectivity index (χ4n) is 2.39. The minimum Gasteiger partial charge on any atom is -0.344 e. The first-order valence-electron chi connectivity index (χ1n) is 6.91. The predicted octanol–water partition coefficient (Wildman–Crippen LogP) is 3.18. The number of aryl methyl sites for hydroxylation is 1.